The summed E-state index contributed by atoms with van der Waals surface area (Å²) in [5.41, 5.74) is 4.46. The summed E-state index contributed by atoms with van der Waals surface area (Å²) in [7, 11) is 0. The van der Waals surface area contributed by atoms with Crippen molar-refractivity contribution in [3.63, 3.8) is 0 Å². The molecule has 2 heterocycles. The minimum atomic E-state index is -0.139. The molecule has 0 spiro atoms. The van der Waals surface area contributed by atoms with E-state index in [9.17, 15) is 9.59 Å². The number of tetrazole rings is 1. The number of carbonyl (C=O) groups is 2. The number of nitrogens with one attached hydrogen (secondary N) is 1. The molecular weight excluding hydrogens is 566 g/mol. The van der Waals surface area contributed by atoms with E-state index in [4.69, 9.17) is 0 Å². The number of rotatable bonds is 7. The van der Waals surface area contributed by atoms with E-state index in [1.54, 1.807) is 4.68 Å². The Kier molecular flexibility index (Phi) is 8.04. The van der Waals surface area contributed by atoms with Gasteiger partial charge >= 0.3 is 0 Å². The molecule has 1 N–H and O–H groups in total. The van der Waals surface area contributed by atoms with Gasteiger partial charge in [0.15, 0.2) is 0 Å². The van der Waals surface area contributed by atoms with Gasteiger partial charge in [0.2, 0.25) is 11.1 Å². The molecule has 1 fully saturated rings. The van der Waals surface area contributed by atoms with Gasteiger partial charge in [-0.15, -0.1) is 5.10 Å². The fourth-order valence-electron chi connectivity index (χ4n) is 4.17. The monoisotopic (exact) mass is 591 g/mol. The number of thioether (sulfide) groups is 1. The van der Waals surface area contributed by atoms with Crippen LogP contribution in [0.15, 0.2) is 82.4 Å². The van der Waals surface area contributed by atoms with Crippen molar-refractivity contribution in [1.82, 2.24) is 25.1 Å². The third-order valence-corrected chi connectivity index (χ3v) is 7.85. The first kappa shape index (κ1) is 25.9. The predicted molar refractivity (Wildman–Crippen MR) is 152 cm³/mol. The molecule has 1 aliphatic rings. The van der Waals surface area contributed by atoms with E-state index in [2.05, 4.69) is 41.7 Å². The lowest BCUT2D eigenvalue weighted by Crippen LogP contribution is -2.48. The molecule has 2 amide bonds. The molecule has 0 unspecified atom stereocenters. The van der Waals surface area contributed by atoms with Crippen molar-refractivity contribution in [2.75, 3.05) is 42.1 Å². The summed E-state index contributed by atoms with van der Waals surface area (Å²) >= 11 is 4.75. The first-order chi connectivity index (χ1) is 18.5. The fraction of sp³-hybridized carbons (Fsp3) is 0.222. The summed E-state index contributed by atoms with van der Waals surface area (Å²) in [4.78, 5) is 29.6. The Morgan fingerprint density at radius 1 is 0.921 bits per heavy atom. The number of anilines is 2. The minimum Gasteiger partial charge on any atom is -0.368 e. The molecule has 0 saturated carbocycles. The van der Waals surface area contributed by atoms with Gasteiger partial charge in [-0.05, 0) is 81.8 Å². The van der Waals surface area contributed by atoms with Crippen molar-refractivity contribution in [2.45, 2.75) is 12.1 Å². The van der Waals surface area contributed by atoms with E-state index < -0.39 is 0 Å². The van der Waals surface area contributed by atoms with Crippen molar-refractivity contribution in [3.05, 3.63) is 88.4 Å². The molecule has 5 rings (SSSR count). The van der Waals surface area contributed by atoms with Crippen molar-refractivity contribution >= 4 is 50.9 Å². The number of aromatic nitrogens is 4. The number of nitrogens with zero attached hydrogens (tertiary/aromatic N) is 6. The zero-order chi connectivity index (χ0) is 26.5. The van der Waals surface area contributed by atoms with Crippen LogP contribution in [-0.2, 0) is 4.79 Å². The molecule has 1 aromatic heterocycles. The molecule has 0 radical (unpaired) electrons. The van der Waals surface area contributed by atoms with Crippen LogP contribution >= 0.6 is 27.7 Å². The average Bonchev–Trinajstić information content (AvgIpc) is 3.41. The lowest BCUT2D eigenvalue weighted by atomic mass is 10.1. The number of aryl methyl sites for hydroxylation is 1. The quantitative estimate of drug-likeness (QED) is 0.318. The largest absolute Gasteiger partial charge is 0.368 e. The lowest BCUT2D eigenvalue weighted by molar-refractivity contribution is -0.113. The van der Waals surface area contributed by atoms with E-state index in [0.29, 0.717) is 23.8 Å². The number of amides is 2. The van der Waals surface area contributed by atoms with Crippen molar-refractivity contribution in [3.8, 4) is 5.69 Å². The zero-order valence-corrected chi connectivity index (χ0v) is 23.2. The number of carbonyl (C=O) groups excluding carboxylic acids is 2. The van der Waals surface area contributed by atoms with Crippen LogP contribution in [0, 0.1) is 6.92 Å². The van der Waals surface area contributed by atoms with Crippen LogP contribution in [0.25, 0.3) is 5.69 Å². The van der Waals surface area contributed by atoms with Crippen molar-refractivity contribution in [2.24, 2.45) is 0 Å². The number of benzene rings is 3. The molecule has 1 saturated heterocycles. The second kappa shape index (κ2) is 11.8. The van der Waals surface area contributed by atoms with Gasteiger partial charge in [0.1, 0.15) is 0 Å². The Balaban J connectivity index is 1.11. The topological polar surface area (TPSA) is 96.2 Å². The first-order valence-electron chi connectivity index (χ1n) is 12.1. The van der Waals surface area contributed by atoms with Crippen LogP contribution in [-0.4, -0.2) is 68.9 Å². The van der Waals surface area contributed by atoms with Gasteiger partial charge in [0.05, 0.1) is 17.0 Å². The van der Waals surface area contributed by atoms with Gasteiger partial charge in [0, 0.05) is 42.0 Å². The van der Waals surface area contributed by atoms with Crippen LogP contribution in [0.1, 0.15) is 15.9 Å². The van der Waals surface area contributed by atoms with Crippen LogP contribution in [0.4, 0.5) is 11.4 Å². The molecule has 0 aliphatic carbocycles. The van der Waals surface area contributed by atoms with Crippen molar-refractivity contribution in [1.29, 1.82) is 0 Å². The molecule has 4 aromatic rings. The maximum Gasteiger partial charge on any atom is 0.255 e. The number of hydrogen-bond acceptors (Lipinski definition) is 7. The maximum atomic E-state index is 12.9. The highest BCUT2D eigenvalue weighted by Crippen LogP contribution is 2.23. The van der Waals surface area contributed by atoms with E-state index in [0.717, 1.165) is 40.2 Å². The van der Waals surface area contributed by atoms with Gasteiger partial charge in [-0.1, -0.05) is 41.6 Å². The first-order valence-corrected chi connectivity index (χ1v) is 13.9. The third-order valence-electron chi connectivity index (χ3n) is 6.24. The highest BCUT2D eigenvalue weighted by atomic mass is 79.9. The smallest absolute Gasteiger partial charge is 0.255 e. The normalized spacial score (nSPS) is 13.4. The molecular formula is C27H26BrN7O2S. The lowest BCUT2D eigenvalue weighted by Gasteiger charge is -2.36. The fourth-order valence-corrected chi connectivity index (χ4v) is 5.32. The SMILES string of the molecule is Cc1ccc(-n2nnnc2SCC(=O)Nc2ccc(N3CCN(C(=O)c4ccccc4Br)CC3)cc2)cc1. The predicted octanol–water partition coefficient (Wildman–Crippen LogP) is 4.43. The second-order valence-electron chi connectivity index (χ2n) is 8.85. The van der Waals surface area contributed by atoms with Crippen molar-refractivity contribution < 1.29 is 9.59 Å². The summed E-state index contributed by atoms with van der Waals surface area (Å²) in [5, 5.41) is 15.3. The average molecular weight is 593 g/mol. The molecule has 0 atom stereocenters. The summed E-state index contributed by atoms with van der Waals surface area (Å²) < 4.78 is 2.44. The summed E-state index contributed by atoms with van der Waals surface area (Å²) in [6, 6.07) is 23.2. The standard InChI is InChI=1S/C27H26BrN7O2S/c1-19-6-10-22(11-7-19)35-27(30-31-32-35)38-18-25(36)29-20-8-12-21(13-9-20)33-14-16-34(17-15-33)26(37)23-4-2-3-5-24(23)28/h2-13H,14-18H2,1H3,(H,29,36). The van der Waals surface area contributed by atoms with Gasteiger partial charge in [-0.3, -0.25) is 9.59 Å². The number of hydrogen-bond donors (Lipinski definition) is 1. The highest BCUT2D eigenvalue weighted by Gasteiger charge is 2.23. The molecule has 0 bridgehead atoms. The van der Waals surface area contributed by atoms with Gasteiger partial charge in [-0.25, -0.2) is 0 Å². The Morgan fingerprint density at radius 3 is 2.32 bits per heavy atom. The zero-order valence-electron chi connectivity index (χ0n) is 20.7. The minimum absolute atomic E-state index is 0.0425. The van der Waals surface area contributed by atoms with Crippen LogP contribution < -0.4 is 10.2 Å². The van der Waals surface area contributed by atoms with Crippen LogP contribution in [0.2, 0.25) is 0 Å². The van der Waals surface area contributed by atoms with Crippen LogP contribution in [0.5, 0.6) is 0 Å². The Bertz CT molecular complexity index is 1420. The molecule has 11 heteroatoms. The van der Waals surface area contributed by atoms with Gasteiger partial charge < -0.3 is 15.1 Å². The molecule has 194 valence electrons. The van der Waals surface area contributed by atoms with E-state index >= 15 is 0 Å². The molecule has 9 nitrogen and oxygen atoms in total. The van der Waals surface area contributed by atoms with E-state index in [1.165, 1.54) is 11.8 Å². The summed E-state index contributed by atoms with van der Waals surface area (Å²) in [6.45, 7) is 4.81. The Morgan fingerprint density at radius 2 is 1.61 bits per heavy atom. The Hall–Kier alpha value is -3.70. The van der Waals surface area contributed by atoms with Gasteiger partial charge in [0.25, 0.3) is 5.91 Å². The number of halogens is 1. The molecule has 3 aromatic carbocycles. The van der Waals surface area contributed by atoms with Gasteiger partial charge in [-0.2, -0.15) is 4.68 Å². The highest BCUT2D eigenvalue weighted by molar-refractivity contribution is 9.10. The van der Waals surface area contributed by atoms with E-state index in [-0.39, 0.29) is 17.6 Å². The van der Waals surface area contributed by atoms with E-state index in [1.807, 2.05) is 84.6 Å². The summed E-state index contributed by atoms with van der Waals surface area (Å²) in [6.07, 6.45) is 0. The third kappa shape index (κ3) is 6.05. The van der Waals surface area contributed by atoms with Crippen LogP contribution in [0.3, 0.4) is 0 Å². The molecule has 1 aliphatic heterocycles. The second-order valence-corrected chi connectivity index (χ2v) is 10.6. The molecule has 38 heavy (non-hydrogen) atoms. The number of piperazine rings is 1. The Labute approximate surface area is 233 Å². The summed E-state index contributed by atoms with van der Waals surface area (Å²) in [5.74, 6) is 0.0861. The maximum absolute atomic E-state index is 12.9.